The lowest BCUT2D eigenvalue weighted by molar-refractivity contribution is -0.145. The van der Waals surface area contributed by atoms with Crippen LogP contribution in [0.15, 0.2) is 24.3 Å². The second kappa shape index (κ2) is 5.45. The van der Waals surface area contributed by atoms with E-state index in [1.165, 1.54) is 4.90 Å². The van der Waals surface area contributed by atoms with Crippen LogP contribution in [0.2, 0.25) is 0 Å². The van der Waals surface area contributed by atoms with Crippen LogP contribution in [-0.2, 0) is 14.3 Å². The second-order valence-electron chi connectivity index (χ2n) is 3.65. The summed E-state index contributed by atoms with van der Waals surface area (Å²) < 4.78 is 5.12. The molecule has 5 heteroatoms. The van der Waals surface area contributed by atoms with Crippen molar-refractivity contribution in [3.63, 3.8) is 0 Å². The summed E-state index contributed by atoms with van der Waals surface area (Å²) in [6, 6.07) is 9.56. The molecule has 2 amide bonds. The van der Waals surface area contributed by atoms with Crippen LogP contribution in [0.5, 0.6) is 0 Å². The van der Waals surface area contributed by atoms with Crippen molar-refractivity contribution >= 4 is 17.5 Å². The Kier molecular flexibility index (Phi) is 3.72. The van der Waals surface area contributed by atoms with Crippen LogP contribution in [0.25, 0.3) is 0 Å². The number of carbonyl (C=O) groups is 2. The Balaban J connectivity index is 1.93. The van der Waals surface area contributed by atoms with Gasteiger partial charge in [0, 0.05) is 18.8 Å². The fourth-order valence-electron chi connectivity index (χ4n) is 1.56. The zero-order valence-electron chi connectivity index (χ0n) is 9.31. The Bertz CT molecular complexity index is 399. The van der Waals surface area contributed by atoms with E-state index in [9.17, 15) is 9.59 Å². The van der Waals surface area contributed by atoms with Crippen molar-refractivity contribution in [2.45, 2.75) is 0 Å². The highest BCUT2D eigenvalue weighted by molar-refractivity contribution is 6.39. The van der Waals surface area contributed by atoms with Gasteiger partial charge >= 0.3 is 11.8 Å². The molecule has 0 spiro atoms. The van der Waals surface area contributed by atoms with E-state index in [1.807, 2.05) is 0 Å². The average Bonchev–Trinajstić information content (AvgIpc) is 2.40. The molecule has 0 atom stereocenters. The minimum Gasteiger partial charge on any atom is -0.378 e. The SMILES string of the molecule is O=C(Nc1cc[c]cc1)C(=O)N1CCOCC1. The lowest BCUT2D eigenvalue weighted by atomic mass is 10.3. The highest BCUT2D eigenvalue weighted by Gasteiger charge is 2.23. The van der Waals surface area contributed by atoms with Crippen molar-refractivity contribution in [3.05, 3.63) is 30.3 Å². The van der Waals surface area contributed by atoms with Gasteiger partial charge in [-0.05, 0) is 18.2 Å². The molecule has 0 aliphatic carbocycles. The van der Waals surface area contributed by atoms with Crippen LogP contribution in [0.3, 0.4) is 0 Å². The second-order valence-corrected chi connectivity index (χ2v) is 3.65. The number of amides is 2. The number of hydrogen-bond donors (Lipinski definition) is 1. The number of carbonyl (C=O) groups excluding carboxylic acids is 2. The van der Waals surface area contributed by atoms with Crippen LogP contribution in [0.4, 0.5) is 5.69 Å². The summed E-state index contributed by atoms with van der Waals surface area (Å²) in [6.07, 6.45) is 0. The van der Waals surface area contributed by atoms with Gasteiger partial charge in [-0.3, -0.25) is 9.59 Å². The summed E-state index contributed by atoms with van der Waals surface area (Å²) in [5, 5.41) is 2.55. The molecule has 5 nitrogen and oxygen atoms in total. The van der Waals surface area contributed by atoms with Gasteiger partial charge in [-0.15, -0.1) is 0 Å². The third-order valence-corrected chi connectivity index (χ3v) is 2.47. The first kappa shape index (κ1) is 11.6. The van der Waals surface area contributed by atoms with Gasteiger partial charge in [0.2, 0.25) is 0 Å². The first-order valence-electron chi connectivity index (χ1n) is 5.41. The summed E-state index contributed by atoms with van der Waals surface area (Å²) in [7, 11) is 0. The van der Waals surface area contributed by atoms with Crippen LogP contribution in [-0.4, -0.2) is 43.0 Å². The fourth-order valence-corrected chi connectivity index (χ4v) is 1.56. The Morgan fingerprint density at radius 2 is 1.88 bits per heavy atom. The van der Waals surface area contributed by atoms with Gasteiger partial charge in [-0.1, -0.05) is 12.1 Å². The third kappa shape index (κ3) is 3.04. The van der Waals surface area contributed by atoms with Gasteiger partial charge in [-0.25, -0.2) is 0 Å². The number of ether oxygens (including phenoxy) is 1. The van der Waals surface area contributed by atoms with Crippen molar-refractivity contribution in [1.29, 1.82) is 0 Å². The van der Waals surface area contributed by atoms with E-state index >= 15 is 0 Å². The van der Waals surface area contributed by atoms with Gasteiger partial charge in [-0.2, -0.15) is 0 Å². The lowest BCUT2D eigenvalue weighted by Gasteiger charge is -2.26. The van der Waals surface area contributed by atoms with Crippen molar-refractivity contribution < 1.29 is 14.3 Å². The number of nitrogens with zero attached hydrogens (tertiary/aromatic N) is 1. The Morgan fingerprint density at radius 1 is 1.24 bits per heavy atom. The van der Waals surface area contributed by atoms with Gasteiger partial charge in [0.25, 0.3) is 0 Å². The molecule has 1 N–H and O–H groups in total. The van der Waals surface area contributed by atoms with Crippen LogP contribution >= 0.6 is 0 Å². The molecule has 1 aromatic carbocycles. The van der Waals surface area contributed by atoms with Crippen LogP contribution in [0.1, 0.15) is 0 Å². The molecular formula is C12H13N2O3. The maximum Gasteiger partial charge on any atom is 0.313 e. The molecule has 17 heavy (non-hydrogen) atoms. The molecule has 0 bridgehead atoms. The largest absolute Gasteiger partial charge is 0.378 e. The van der Waals surface area contributed by atoms with E-state index in [4.69, 9.17) is 4.74 Å². The van der Waals surface area contributed by atoms with Crippen molar-refractivity contribution in [2.75, 3.05) is 31.6 Å². The summed E-state index contributed by atoms with van der Waals surface area (Å²) in [6.45, 7) is 1.91. The monoisotopic (exact) mass is 233 g/mol. The summed E-state index contributed by atoms with van der Waals surface area (Å²) >= 11 is 0. The molecule has 1 aromatic rings. The Morgan fingerprint density at radius 3 is 2.53 bits per heavy atom. The van der Waals surface area contributed by atoms with E-state index < -0.39 is 11.8 Å². The van der Waals surface area contributed by atoms with Crippen LogP contribution < -0.4 is 5.32 Å². The molecule has 0 unspecified atom stereocenters. The van der Waals surface area contributed by atoms with Gasteiger partial charge in [0.05, 0.1) is 13.2 Å². The molecule has 2 rings (SSSR count). The topological polar surface area (TPSA) is 58.6 Å². The molecule has 1 fully saturated rings. The third-order valence-electron chi connectivity index (χ3n) is 2.47. The molecule has 0 aromatic heterocycles. The van der Waals surface area contributed by atoms with Crippen molar-refractivity contribution in [1.82, 2.24) is 4.90 Å². The summed E-state index contributed by atoms with van der Waals surface area (Å²) in [4.78, 5) is 24.9. The molecule has 89 valence electrons. The molecule has 1 aliphatic heterocycles. The highest BCUT2D eigenvalue weighted by Crippen LogP contribution is 2.05. The summed E-state index contributed by atoms with van der Waals surface area (Å²) in [5.41, 5.74) is 0.593. The summed E-state index contributed by atoms with van der Waals surface area (Å²) in [5.74, 6) is -1.13. The maximum absolute atomic E-state index is 11.8. The average molecular weight is 233 g/mol. The number of hydrogen-bond acceptors (Lipinski definition) is 3. The molecule has 1 saturated heterocycles. The molecule has 1 radical (unpaired) electrons. The highest BCUT2D eigenvalue weighted by atomic mass is 16.5. The number of anilines is 1. The molecule has 0 saturated carbocycles. The number of nitrogens with one attached hydrogen (secondary N) is 1. The van der Waals surface area contributed by atoms with Crippen molar-refractivity contribution in [2.24, 2.45) is 0 Å². The van der Waals surface area contributed by atoms with E-state index in [0.717, 1.165) is 0 Å². The minimum atomic E-state index is -0.613. The smallest absolute Gasteiger partial charge is 0.313 e. The first-order chi connectivity index (χ1) is 8.27. The normalized spacial score (nSPS) is 15.4. The van der Waals surface area contributed by atoms with E-state index in [0.29, 0.717) is 32.0 Å². The number of morpholine rings is 1. The fraction of sp³-hybridized carbons (Fsp3) is 0.333. The maximum atomic E-state index is 11.8. The van der Waals surface area contributed by atoms with E-state index in [-0.39, 0.29) is 0 Å². The Hall–Kier alpha value is -1.88. The standard InChI is InChI=1S/C12H13N2O3/c15-11(13-10-4-2-1-3-5-10)12(16)14-6-8-17-9-7-14/h2-5H,6-9H2,(H,13,15). The first-order valence-corrected chi connectivity index (χ1v) is 5.41. The molecular weight excluding hydrogens is 220 g/mol. The van der Waals surface area contributed by atoms with Crippen LogP contribution in [0, 0.1) is 6.07 Å². The van der Waals surface area contributed by atoms with Gasteiger partial charge in [0.1, 0.15) is 0 Å². The Labute approximate surface area is 99.4 Å². The quantitative estimate of drug-likeness (QED) is 0.709. The predicted molar refractivity (Wildman–Crippen MR) is 61.3 cm³/mol. The number of rotatable bonds is 1. The van der Waals surface area contributed by atoms with E-state index in [1.54, 1.807) is 24.3 Å². The minimum absolute atomic E-state index is 0.467. The predicted octanol–water partition coefficient (Wildman–Crippen LogP) is 0.284. The van der Waals surface area contributed by atoms with E-state index in [2.05, 4.69) is 11.4 Å². The molecule has 1 aliphatic rings. The zero-order chi connectivity index (χ0) is 12.1. The van der Waals surface area contributed by atoms with Crippen molar-refractivity contribution in [3.8, 4) is 0 Å². The number of benzene rings is 1. The van der Waals surface area contributed by atoms with Gasteiger partial charge < -0.3 is 15.0 Å². The zero-order valence-corrected chi connectivity index (χ0v) is 9.31. The van der Waals surface area contributed by atoms with Gasteiger partial charge in [0.15, 0.2) is 0 Å². The lowest BCUT2D eigenvalue weighted by Crippen LogP contribution is -2.45. The molecule has 1 heterocycles.